The number of carbonyl (C=O) groups is 1. The SMILES string of the molecule is COc1nc(-c2ccnn2C)ccc1NC(=O)c1c(-c2ccccc2)noc1C. The summed E-state index contributed by atoms with van der Waals surface area (Å²) in [6, 6.07) is 14.8. The van der Waals surface area contributed by atoms with Gasteiger partial charge in [-0.15, -0.1) is 0 Å². The zero-order valence-corrected chi connectivity index (χ0v) is 16.2. The number of nitrogens with zero attached hydrogens (tertiary/aromatic N) is 4. The standard InChI is InChI=1S/C21H19N5O3/c1-13-18(19(25-29-13)14-7-5-4-6-8-14)20(27)23-16-10-9-15(24-21(16)28-3)17-11-12-22-26(17)2/h4-12H,1-3H3,(H,23,27). The van der Waals surface area contributed by atoms with Gasteiger partial charge in [0.05, 0.1) is 18.5 Å². The molecule has 8 heteroatoms. The van der Waals surface area contributed by atoms with Crippen molar-refractivity contribution in [2.45, 2.75) is 6.92 Å². The number of carbonyl (C=O) groups excluding carboxylic acids is 1. The van der Waals surface area contributed by atoms with Gasteiger partial charge in [0.1, 0.15) is 22.7 Å². The van der Waals surface area contributed by atoms with Crippen molar-refractivity contribution in [3.05, 3.63) is 66.1 Å². The predicted molar refractivity (Wildman–Crippen MR) is 108 cm³/mol. The summed E-state index contributed by atoms with van der Waals surface area (Å²) in [5.74, 6) is 0.378. The molecule has 8 nitrogen and oxygen atoms in total. The highest BCUT2D eigenvalue weighted by atomic mass is 16.5. The molecule has 0 fully saturated rings. The molecule has 29 heavy (non-hydrogen) atoms. The van der Waals surface area contributed by atoms with Crippen molar-refractivity contribution in [2.75, 3.05) is 12.4 Å². The van der Waals surface area contributed by atoms with E-state index in [0.717, 1.165) is 11.3 Å². The van der Waals surface area contributed by atoms with Crippen LogP contribution in [0.2, 0.25) is 0 Å². The molecule has 4 rings (SSSR count). The van der Waals surface area contributed by atoms with Gasteiger partial charge in [-0.2, -0.15) is 5.10 Å². The molecule has 1 amide bonds. The number of benzene rings is 1. The van der Waals surface area contributed by atoms with Gasteiger partial charge in [0.2, 0.25) is 5.88 Å². The molecule has 0 aliphatic carbocycles. The molecule has 0 aliphatic heterocycles. The lowest BCUT2D eigenvalue weighted by Gasteiger charge is -2.11. The zero-order valence-electron chi connectivity index (χ0n) is 16.2. The largest absolute Gasteiger partial charge is 0.479 e. The fourth-order valence-corrected chi connectivity index (χ4v) is 3.08. The first-order chi connectivity index (χ1) is 14.1. The van der Waals surface area contributed by atoms with Crippen LogP contribution in [0.5, 0.6) is 5.88 Å². The van der Waals surface area contributed by atoms with E-state index in [-0.39, 0.29) is 5.91 Å². The Morgan fingerprint density at radius 2 is 1.93 bits per heavy atom. The Morgan fingerprint density at radius 1 is 1.14 bits per heavy atom. The molecule has 3 heterocycles. The van der Waals surface area contributed by atoms with Gasteiger partial charge in [-0.05, 0) is 25.1 Å². The molecule has 0 spiro atoms. The number of ether oxygens (including phenoxy) is 1. The van der Waals surface area contributed by atoms with E-state index in [1.807, 2.05) is 43.4 Å². The van der Waals surface area contributed by atoms with Crippen molar-refractivity contribution in [2.24, 2.45) is 7.05 Å². The van der Waals surface area contributed by atoms with Crippen molar-refractivity contribution in [3.63, 3.8) is 0 Å². The van der Waals surface area contributed by atoms with E-state index in [9.17, 15) is 4.79 Å². The maximum absolute atomic E-state index is 13.0. The first kappa shape index (κ1) is 18.4. The quantitative estimate of drug-likeness (QED) is 0.559. The van der Waals surface area contributed by atoms with Crippen LogP contribution in [0, 0.1) is 6.92 Å². The third-order valence-corrected chi connectivity index (χ3v) is 4.52. The number of pyridine rings is 1. The van der Waals surface area contributed by atoms with Crippen LogP contribution in [0.25, 0.3) is 22.6 Å². The Morgan fingerprint density at radius 3 is 2.62 bits per heavy atom. The van der Waals surface area contributed by atoms with Crippen molar-refractivity contribution in [1.29, 1.82) is 0 Å². The number of aromatic nitrogens is 4. The molecule has 0 aliphatic rings. The monoisotopic (exact) mass is 389 g/mol. The summed E-state index contributed by atoms with van der Waals surface area (Å²) in [4.78, 5) is 17.5. The normalized spacial score (nSPS) is 10.7. The molecule has 1 N–H and O–H groups in total. The van der Waals surface area contributed by atoms with Crippen molar-refractivity contribution >= 4 is 11.6 Å². The molecular formula is C21H19N5O3. The van der Waals surface area contributed by atoms with Gasteiger partial charge in [-0.1, -0.05) is 35.5 Å². The molecule has 0 unspecified atom stereocenters. The second kappa shape index (κ2) is 7.59. The van der Waals surface area contributed by atoms with Crippen LogP contribution in [0.3, 0.4) is 0 Å². The van der Waals surface area contributed by atoms with Crippen LogP contribution < -0.4 is 10.1 Å². The van der Waals surface area contributed by atoms with E-state index in [4.69, 9.17) is 9.26 Å². The minimum atomic E-state index is -0.351. The highest BCUT2D eigenvalue weighted by Crippen LogP contribution is 2.29. The lowest BCUT2D eigenvalue weighted by molar-refractivity contribution is 0.102. The summed E-state index contributed by atoms with van der Waals surface area (Å²) in [7, 11) is 3.34. The summed E-state index contributed by atoms with van der Waals surface area (Å²) in [5.41, 5.74) is 3.62. The maximum atomic E-state index is 13.0. The smallest absolute Gasteiger partial charge is 0.261 e. The average Bonchev–Trinajstić information content (AvgIpc) is 3.34. The molecule has 146 valence electrons. The van der Waals surface area contributed by atoms with E-state index < -0.39 is 0 Å². The number of rotatable bonds is 5. The minimum Gasteiger partial charge on any atom is -0.479 e. The highest BCUT2D eigenvalue weighted by Gasteiger charge is 2.23. The highest BCUT2D eigenvalue weighted by molar-refractivity contribution is 6.09. The molecule has 4 aromatic rings. The van der Waals surface area contributed by atoms with Crippen LogP contribution in [0.15, 0.2) is 59.3 Å². The fraction of sp³-hybridized carbons (Fsp3) is 0.143. The number of anilines is 1. The second-order valence-electron chi connectivity index (χ2n) is 6.38. The van der Waals surface area contributed by atoms with Gasteiger partial charge < -0.3 is 14.6 Å². The van der Waals surface area contributed by atoms with Gasteiger partial charge in [0.25, 0.3) is 5.91 Å². The third-order valence-electron chi connectivity index (χ3n) is 4.52. The average molecular weight is 389 g/mol. The molecule has 0 saturated carbocycles. The van der Waals surface area contributed by atoms with Crippen LogP contribution in [0.4, 0.5) is 5.69 Å². The van der Waals surface area contributed by atoms with Crippen molar-refractivity contribution in [1.82, 2.24) is 19.9 Å². The molecular weight excluding hydrogens is 370 g/mol. The number of aryl methyl sites for hydroxylation is 2. The molecule has 3 aromatic heterocycles. The van der Waals surface area contributed by atoms with Gasteiger partial charge in [-0.3, -0.25) is 9.48 Å². The summed E-state index contributed by atoms with van der Waals surface area (Å²) < 4.78 is 12.4. The second-order valence-corrected chi connectivity index (χ2v) is 6.38. The van der Waals surface area contributed by atoms with Gasteiger partial charge in [0.15, 0.2) is 0 Å². The van der Waals surface area contributed by atoms with Crippen LogP contribution in [0.1, 0.15) is 16.1 Å². The Hall–Kier alpha value is -3.94. The van der Waals surface area contributed by atoms with Gasteiger partial charge in [-0.25, -0.2) is 4.98 Å². The Bertz CT molecular complexity index is 1160. The van der Waals surface area contributed by atoms with Crippen LogP contribution in [-0.4, -0.2) is 32.9 Å². The number of amides is 1. The fourth-order valence-electron chi connectivity index (χ4n) is 3.08. The van der Waals surface area contributed by atoms with E-state index in [2.05, 4.69) is 20.6 Å². The molecule has 0 bridgehead atoms. The molecule has 0 radical (unpaired) electrons. The zero-order chi connectivity index (χ0) is 20.4. The van der Waals surface area contributed by atoms with E-state index >= 15 is 0 Å². The number of hydrogen-bond acceptors (Lipinski definition) is 6. The van der Waals surface area contributed by atoms with Gasteiger partial charge in [0, 0.05) is 18.8 Å². The van der Waals surface area contributed by atoms with E-state index in [1.54, 1.807) is 29.9 Å². The molecule has 0 saturated heterocycles. The summed E-state index contributed by atoms with van der Waals surface area (Å²) in [5, 5.41) is 11.1. The predicted octanol–water partition coefficient (Wildman–Crippen LogP) is 3.71. The number of methoxy groups -OCH3 is 1. The Balaban J connectivity index is 1.66. The lowest BCUT2D eigenvalue weighted by atomic mass is 10.1. The maximum Gasteiger partial charge on any atom is 0.261 e. The molecule has 0 atom stereocenters. The first-order valence-corrected chi connectivity index (χ1v) is 8.95. The Kier molecular flexibility index (Phi) is 4.82. The molecule has 1 aromatic carbocycles. The minimum absolute atomic E-state index is 0.299. The van der Waals surface area contributed by atoms with Crippen molar-refractivity contribution in [3.8, 4) is 28.5 Å². The number of nitrogens with one attached hydrogen (secondary N) is 1. The van der Waals surface area contributed by atoms with E-state index in [1.165, 1.54) is 7.11 Å². The third kappa shape index (κ3) is 3.47. The van der Waals surface area contributed by atoms with Gasteiger partial charge >= 0.3 is 0 Å². The summed E-state index contributed by atoms with van der Waals surface area (Å²) in [6.07, 6.45) is 1.69. The first-order valence-electron chi connectivity index (χ1n) is 8.95. The number of hydrogen-bond donors (Lipinski definition) is 1. The van der Waals surface area contributed by atoms with Crippen LogP contribution >= 0.6 is 0 Å². The Labute approximate surface area is 167 Å². The lowest BCUT2D eigenvalue weighted by Crippen LogP contribution is -2.14. The summed E-state index contributed by atoms with van der Waals surface area (Å²) in [6.45, 7) is 1.70. The van der Waals surface area contributed by atoms with Crippen molar-refractivity contribution < 1.29 is 14.1 Å². The van der Waals surface area contributed by atoms with E-state index in [0.29, 0.717) is 34.3 Å². The topological polar surface area (TPSA) is 95.1 Å². The summed E-state index contributed by atoms with van der Waals surface area (Å²) >= 11 is 0. The van der Waals surface area contributed by atoms with Crippen LogP contribution in [-0.2, 0) is 7.05 Å².